The molecule has 1 heterocycles. The summed E-state index contributed by atoms with van der Waals surface area (Å²) in [6.45, 7) is 2.66. The normalized spacial score (nSPS) is 10.1. The molecule has 0 spiro atoms. The van der Waals surface area contributed by atoms with Crippen LogP contribution in [-0.2, 0) is 6.54 Å². The van der Waals surface area contributed by atoms with E-state index in [0.717, 1.165) is 36.2 Å². The number of hydrogen-bond acceptors (Lipinski definition) is 4. The zero-order chi connectivity index (χ0) is 14.9. The van der Waals surface area contributed by atoms with Gasteiger partial charge in [-0.15, -0.1) is 0 Å². The molecule has 108 valence electrons. The highest BCUT2D eigenvalue weighted by atomic mass is 79.9. The van der Waals surface area contributed by atoms with Crippen LogP contribution in [-0.4, -0.2) is 18.1 Å². The zero-order valence-corrected chi connectivity index (χ0v) is 13.2. The van der Waals surface area contributed by atoms with Crippen molar-refractivity contribution in [1.82, 2.24) is 10.3 Å². The lowest BCUT2D eigenvalue weighted by atomic mass is 10.2. The lowest BCUT2D eigenvalue weighted by Gasteiger charge is -2.09. The van der Waals surface area contributed by atoms with Crippen molar-refractivity contribution >= 4 is 21.6 Å². The molecule has 0 radical (unpaired) electrons. The van der Waals surface area contributed by atoms with Crippen molar-refractivity contribution in [2.24, 2.45) is 0 Å². The van der Waals surface area contributed by atoms with E-state index in [1.807, 2.05) is 30.5 Å². The molecule has 1 aromatic carbocycles. The van der Waals surface area contributed by atoms with E-state index in [-0.39, 0.29) is 0 Å². The molecule has 4 nitrogen and oxygen atoms in total. The summed E-state index contributed by atoms with van der Waals surface area (Å²) in [6, 6.07) is 11.7. The maximum atomic E-state index is 8.82. The second-order valence-corrected chi connectivity index (χ2v) is 5.48. The van der Waals surface area contributed by atoms with Crippen LogP contribution in [0.1, 0.15) is 17.5 Å². The van der Waals surface area contributed by atoms with Crippen molar-refractivity contribution in [2.75, 3.05) is 18.4 Å². The first-order valence-electron chi connectivity index (χ1n) is 6.83. The quantitative estimate of drug-likeness (QED) is 0.756. The zero-order valence-electron chi connectivity index (χ0n) is 11.6. The summed E-state index contributed by atoms with van der Waals surface area (Å²) in [5.74, 6) is 0. The van der Waals surface area contributed by atoms with Crippen molar-refractivity contribution in [2.45, 2.75) is 13.0 Å². The molecule has 0 saturated carbocycles. The fraction of sp³-hybridized carbons (Fsp3) is 0.250. The summed E-state index contributed by atoms with van der Waals surface area (Å²) in [5, 5.41) is 15.6. The van der Waals surface area contributed by atoms with Gasteiger partial charge in [0.1, 0.15) is 0 Å². The lowest BCUT2D eigenvalue weighted by molar-refractivity contribution is 0.662. The first-order valence-corrected chi connectivity index (χ1v) is 7.62. The molecule has 0 aliphatic carbocycles. The van der Waals surface area contributed by atoms with Gasteiger partial charge in [0.2, 0.25) is 0 Å². The smallest absolute Gasteiger partial charge is 0.0992 e. The average molecular weight is 345 g/mol. The van der Waals surface area contributed by atoms with Crippen LogP contribution in [0.5, 0.6) is 0 Å². The number of hydrogen-bond donors (Lipinski definition) is 2. The van der Waals surface area contributed by atoms with Crippen molar-refractivity contribution < 1.29 is 0 Å². The largest absolute Gasteiger partial charge is 0.384 e. The van der Waals surface area contributed by atoms with E-state index in [1.54, 1.807) is 6.20 Å². The molecule has 0 aliphatic heterocycles. The standard InChI is InChI=1S/C16H17BrN4/c17-15-9-13(10-18)4-5-16(15)21-8-2-7-20-12-14-3-1-6-19-11-14/h1,3-6,9,11,20-21H,2,7-8,12H2. The van der Waals surface area contributed by atoms with Gasteiger partial charge in [-0.3, -0.25) is 4.98 Å². The SMILES string of the molecule is N#Cc1ccc(NCCCNCc2cccnc2)c(Br)c1. The monoisotopic (exact) mass is 344 g/mol. The predicted molar refractivity (Wildman–Crippen MR) is 87.9 cm³/mol. The number of halogens is 1. The maximum Gasteiger partial charge on any atom is 0.0992 e. The van der Waals surface area contributed by atoms with Gasteiger partial charge in [0, 0.05) is 35.6 Å². The lowest BCUT2D eigenvalue weighted by Crippen LogP contribution is -2.17. The number of nitrogens with zero attached hydrogens (tertiary/aromatic N) is 2. The van der Waals surface area contributed by atoms with E-state index < -0.39 is 0 Å². The Morgan fingerprint density at radius 1 is 1.24 bits per heavy atom. The minimum Gasteiger partial charge on any atom is -0.384 e. The van der Waals surface area contributed by atoms with Gasteiger partial charge in [-0.05, 0) is 58.7 Å². The van der Waals surface area contributed by atoms with Gasteiger partial charge in [0.05, 0.1) is 11.6 Å². The van der Waals surface area contributed by atoms with Crippen LogP contribution >= 0.6 is 15.9 Å². The minimum atomic E-state index is 0.658. The number of benzene rings is 1. The number of rotatable bonds is 7. The Bertz CT molecular complexity index is 607. The molecule has 1 aromatic heterocycles. The van der Waals surface area contributed by atoms with Gasteiger partial charge in [-0.2, -0.15) is 5.26 Å². The molecule has 0 bridgehead atoms. The first kappa shape index (κ1) is 15.5. The topological polar surface area (TPSA) is 60.7 Å². The number of nitriles is 1. The van der Waals surface area contributed by atoms with E-state index in [1.165, 1.54) is 5.56 Å². The van der Waals surface area contributed by atoms with Crippen LogP contribution in [0.4, 0.5) is 5.69 Å². The van der Waals surface area contributed by atoms with Gasteiger partial charge in [-0.1, -0.05) is 6.07 Å². The van der Waals surface area contributed by atoms with Crippen LogP contribution < -0.4 is 10.6 Å². The fourth-order valence-corrected chi connectivity index (χ4v) is 2.42. The summed E-state index contributed by atoms with van der Waals surface area (Å²) < 4.78 is 0.921. The molecule has 21 heavy (non-hydrogen) atoms. The van der Waals surface area contributed by atoms with Crippen molar-refractivity contribution in [3.05, 3.63) is 58.3 Å². The Hall–Kier alpha value is -1.90. The molecule has 0 amide bonds. The second-order valence-electron chi connectivity index (χ2n) is 4.62. The van der Waals surface area contributed by atoms with Crippen LogP contribution in [0.3, 0.4) is 0 Å². The molecule has 5 heteroatoms. The van der Waals surface area contributed by atoms with Crippen LogP contribution in [0.2, 0.25) is 0 Å². The van der Waals surface area contributed by atoms with Gasteiger partial charge in [0.25, 0.3) is 0 Å². The van der Waals surface area contributed by atoms with Gasteiger partial charge >= 0.3 is 0 Å². The second kappa shape index (κ2) is 8.40. The van der Waals surface area contributed by atoms with Crippen LogP contribution in [0, 0.1) is 11.3 Å². The predicted octanol–water partition coefficient (Wildman–Crippen LogP) is 3.31. The number of pyridine rings is 1. The number of anilines is 1. The Kier molecular flexibility index (Phi) is 6.20. The Balaban J connectivity index is 1.65. The van der Waals surface area contributed by atoms with Gasteiger partial charge in [0.15, 0.2) is 0 Å². The van der Waals surface area contributed by atoms with Crippen molar-refractivity contribution in [3.63, 3.8) is 0 Å². The van der Waals surface area contributed by atoms with Crippen molar-refractivity contribution in [3.8, 4) is 6.07 Å². The van der Waals surface area contributed by atoms with E-state index in [2.05, 4.69) is 43.7 Å². The number of aromatic nitrogens is 1. The van der Waals surface area contributed by atoms with Crippen LogP contribution in [0.15, 0.2) is 47.2 Å². The Morgan fingerprint density at radius 3 is 2.86 bits per heavy atom. The van der Waals surface area contributed by atoms with E-state index in [9.17, 15) is 0 Å². The highest BCUT2D eigenvalue weighted by Crippen LogP contribution is 2.23. The summed E-state index contributed by atoms with van der Waals surface area (Å²) in [6.07, 6.45) is 4.68. The number of nitrogens with one attached hydrogen (secondary N) is 2. The molecule has 0 fully saturated rings. The molecular weight excluding hydrogens is 328 g/mol. The third-order valence-electron chi connectivity index (χ3n) is 3.00. The minimum absolute atomic E-state index is 0.658. The molecule has 0 saturated heterocycles. The summed E-state index contributed by atoms with van der Waals surface area (Å²) in [5.41, 5.74) is 2.87. The summed E-state index contributed by atoms with van der Waals surface area (Å²) in [4.78, 5) is 4.08. The molecule has 0 unspecified atom stereocenters. The molecule has 0 aliphatic rings. The molecular formula is C16H17BrN4. The third kappa shape index (κ3) is 5.18. The van der Waals surface area contributed by atoms with E-state index >= 15 is 0 Å². The highest BCUT2D eigenvalue weighted by molar-refractivity contribution is 9.10. The third-order valence-corrected chi connectivity index (χ3v) is 3.65. The first-order chi connectivity index (χ1) is 10.3. The Morgan fingerprint density at radius 2 is 2.14 bits per heavy atom. The summed E-state index contributed by atoms with van der Waals surface area (Å²) in [7, 11) is 0. The van der Waals surface area contributed by atoms with Gasteiger partial charge < -0.3 is 10.6 Å². The molecule has 2 aromatic rings. The van der Waals surface area contributed by atoms with Crippen molar-refractivity contribution in [1.29, 1.82) is 5.26 Å². The highest BCUT2D eigenvalue weighted by Gasteiger charge is 2.00. The maximum absolute atomic E-state index is 8.82. The van der Waals surface area contributed by atoms with Crippen LogP contribution in [0.25, 0.3) is 0 Å². The molecule has 2 N–H and O–H groups in total. The molecule has 0 atom stereocenters. The summed E-state index contributed by atoms with van der Waals surface area (Å²) >= 11 is 3.47. The van der Waals surface area contributed by atoms with E-state index in [4.69, 9.17) is 5.26 Å². The molecule has 2 rings (SSSR count). The Labute approximate surface area is 133 Å². The fourth-order valence-electron chi connectivity index (χ4n) is 1.90. The average Bonchev–Trinajstić information content (AvgIpc) is 2.53. The van der Waals surface area contributed by atoms with E-state index in [0.29, 0.717) is 5.56 Å². The van der Waals surface area contributed by atoms with Gasteiger partial charge in [-0.25, -0.2) is 0 Å².